The van der Waals surface area contributed by atoms with Crippen molar-refractivity contribution in [3.8, 4) is 29.5 Å². The van der Waals surface area contributed by atoms with Gasteiger partial charge >= 0.3 is 0 Å². The van der Waals surface area contributed by atoms with Crippen LogP contribution in [-0.2, 0) is 0 Å². The van der Waals surface area contributed by atoms with E-state index < -0.39 is 0 Å². The Labute approximate surface area is 141 Å². The minimum atomic E-state index is -0.308. The van der Waals surface area contributed by atoms with Gasteiger partial charge in [-0.15, -0.1) is 0 Å². The molecule has 0 aliphatic carbocycles. The molecular weight excluding hydrogens is 356 g/mol. The fourth-order valence-electron chi connectivity index (χ4n) is 1.79. The number of furan rings is 1. The lowest BCUT2D eigenvalue weighted by Crippen LogP contribution is -2.03. The van der Waals surface area contributed by atoms with Crippen LogP contribution in [0.15, 0.2) is 62.1 Å². The van der Waals surface area contributed by atoms with E-state index in [1.807, 2.05) is 30.3 Å². The molecule has 0 radical (unpaired) electrons. The number of allylic oxidation sites excluding steroid dienone is 2. The molecule has 0 aliphatic rings. The van der Waals surface area contributed by atoms with Gasteiger partial charge in [0, 0.05) is 16.1 Å². The molecular formula is C17H9BrN4O. The molecule has 0 spiro atoms. The van der Waals surface area contributed by atoms with Crippen molar-refractivity contribution in [1.29, 1.82) is 15.8 Å². The molecule has 2 N–H and O–H groups in total. The molecule has 2 rings (SSSR count). The van der Waals surface area contributed by atoms with Crippen LogP contribution in [0.3, 0.4) is 0 Å². The van der Waals surface area contributed by atoms with Crippen molar-refractivity contribution in [2.24, 2.45) is 5.73 Å². The Morgan fingerprint density at radius 2 is 1.65 bits per heavy atom. The number of hydrogen-bond donors (Lipinski definition) is 1. The van der Waals surface area contributed by atoms with Crippen molar-refractivity contribution in [2.45, 2.75) is 0 Å². The van der Waals surface area contributed by atoms with E-state index in [2.05, 4.69) is 15.9 Å². The van der Waals surface area contributed by atoms with E-state index >= 15 is 0 Å². The van der Waals surface area contributed by atoms with Crippen molar-refractivity contribution in [2.75, 3.05) is 0 Å². The highest BCUT2D eigenvalue weighted by atomic mass is 79.9. The van der Waals surface area contributed by atoms with Gasteiger partial charge in [0.2, 0.25) is 0 Å². The molecule has 1 heterocycles. The minimum absolute atomic E-state index is 0.000180. The summed E-state index contributed by atoms with van der Waals surface area (Å²) in [6.07, 6.45) is 1.40. The number of halogens is 1. The molecule has 0 bridgehead atoms. The zero-order valence-corrected chi connectivity index (χ0v) is 13.3. The Kier molecular flexibility index (Phi) is 5.00. The van der Waals surface area contributed by atoms with Gasteiger partial charge < -0.3 is 10.2 Å². The summed E-state index contributed by atoms with van der Waals surface area (Å²) >= 11 is 3.36. The fourth-order valence-corrected chi connectivity index (χ4v) is 2.06. The van der Waals surface area contributed by atoms with Gasteiger partial charge in [0.25, 0.3) is 0 Å². The Bertz CT molecular complexity index is 899. The summed E-state index contributed by atoms with van der Waals surface area (Å²) < 4.78 is 6.61. The van der Waals surface area contributed by atoms with Gasteiger partial charge in [-0.05, 0) is 24.3 Å². The average molecular weight is 365 g/mol. The first kappa shape index (κ1) is 16.1. The van der Waals surface area contributed by atoms with Crippen molar-refractivity contribution >= 4 is 22.0 Å². The van der Waals surface area contributed by atoms with Crippen LogP contribution in [0.2, 0.25) is 0 Å². The predicted molar refractivity (Wildman–Crippen MR) is 87.9 cm³/mol. The predicted octanol–water partition coefficient (Wildman–Crippen LogP) is 3.88. The summed E-state index contributed by atoms with van der Waals surface area (Å²) in [5, 5.41) is 26.8. The molecule has 2 aromatic rings. The number of nitriles is 3. The van der Waals surface area contributed by atoms with Crippen LogP contribution in [0.1, 0.15) is 5.76 Å². The van der Waals surface area contributed by atoms with E-state index in [0.717, 1.165) is 10.0 Å². The van der Waals surface area contributed by atoms with Crippen LogP contribution < -0.4 is 5.73 Å². The van der Waals surface area contributed by atoms with Crippen LogP contribution in [0.5, 0.6) is 0 Å². The first-order valence-electron chi connectivity index (χ1n) is 6.37. The lowest BCUT2D eigenvalue weighted by Gasteiger charge is -1.98. The third kappa shape index (κ3) is 3.68. The van der Waals surface area contributed by atoms with Crippen LogP contribution in [-0.4, -0.2) is 0 Å². The highest BCUT2D eigenvalue weighted by molar-refractivity contribution is 9.10. The highest BCUT2D eigenvalue weighted by Gasteiger charge is 2.10. The molecule has 23 heavy (non-hydrogen) atoms. The first-order chi connectivity index (χ1) is 11.1. The summed E-state index contributed by atoms with van der Waals surface area (Å²) in [7, 11) is 0. The van der Waals surface area contributed by atoms with Gasteiger partial charge in [0.15, 0.2) is 5.57 Å². The molecule has 1 aromatic carbocycles. The molecule has 0 atom stereocenters. The first-order valence-corrected chi connectivity index (χ1v) is 7.16. The van der Waals surface area contributed by atoms with E-state index in [9.17, 15) is 0 Å². The Balaban J connectivity index is 2.39. The van der Waals surface area contributed by atoms with Crippen LogP contribution in [0.25, 0.3) is 17.4 Å². The standard InChI is InChI=1S/C17H9BrN4O/c18-14-3-1-11(2-4-14)16-6-5-15(23-16)7-12(8-19)17(22)13(9-20)10-21/h1-7H,22H2. The zero-order valence-electron chi connectivity index (χ0n) is 11.7. The van der Waals surface area contributed by atoms with E-state index in [1.54, 1.807) is 24.3 Å². The second kappa shape index (κ2) is 7.13. The third-order valence-corrected chi connectivity index (χ3v) is 3.47. The molecule has 0 aliphatic heterocycles. The molecule has 0 fully saturated rings. The molecule has 0 saturated heterocycles. The van der Waals surface area contributed by atoms with Crippen LogP contribution in [0.4, 0.5) is 0 Å². The van der Waals surface area contributed by atoms with Gasteiger partial charge in [-0.1, -0.05) is 28.1 Å². The monoisotopic (exact) mass is 364 g/mol. The Morgan fingerprint density at radius 1 is 1.00 bits per heavy atom. The maximum atomic E-state index is 9.15. The molecule has 6 heteroatoms. The number of hydrogen-bond acceptors (Lipinski definition) is 5. The maximum Gasteiger partial charge on any atom is 0.153 e. The summed E-state index contributed by atoms with van der Waals surface area (Å²) in [4.78, 5) is 0. The molecule has 0 saturated carbocycles. The largest absolute Gasteiger partial charge is 0.457 e. The quantitative estimate of drug-likeness (QED) is 0.656. The van der Waals surface area contributed by atoms with Crippen molar-refractivity contribution in [3.05, 3.63) is 63.5 Å². The van der Waals surface area contributed by atoms with Gasteiger partial charge in [0.1, 0.15) is 29.7 Å². The van der Waals surface area contributed by atoms with Crippen LogP contribution in [0, 0.1) is 34.0 Å². The van der Waals surface area contributed by atoms with Gasteiger partial charge in [-0.25, -0.2) is 0 Å². The molecule has 1 aromatic heterocycles. The van der Waals surface area contributed by atoms with E-state index in [-0.39, 0.29) is 16.8 Å². The van der Waals surface area contributed by atoms with Gasteiger partial charge in [-0.3, -0.25) is 0 Å². The number of nitrogens with two attached hydrogens (primary N) is 1. The normalized spacial score (nSPS) is 10.3. The molecule has 0 unspecified atom stereocenters. The third-order valence-electron chi connectivity index (χ3n) is 2.95. The zero-order chi connectivity index (χ0) is 16.8. The van der Waals surface area contributed by atoms with Crippen molar-refractivity contribution < 1.29 is 4.42 Å². The Hall–Kier alpha value is -3.27. The SMILES string of the molecule is N#CC(=Cc1ccc(-c2ccc(Br)cc2)o1)C(N)=C(C#N)C#N. The summed E-state index contributed by atoms with van der Waals surface area (Å²) in [5.41, 5.74) is 6.08. The lowest BCUT2D eigenvalue weighted by molar-refractivity contribution is 0.571. The van der Waals surface area contributed by atoms with E-state index in [1.165, 1.54) is 6.08 Å². The van der Waals surface area contributed by atoms with Crippen molar-refractivity contribution in [1.82, 2.24) is 0 Å². The fraction of sp³-hybridized carbons (Fsp3) is 0. The number of rotatable bonds is 3. The maximum absolute atomic E-state index is 9.15. The van der Waals surface area contributed by atoms with Crippen molar-refractivity contribution in [3.63, 3.8) is 0 Å². The average Bonchev–Trinajstić information content (AvgIpc) is 3.03. The molecule has 5 nitrogen and oxygen atoms in total. The Morgan fingerprint density at radius 3 is 2.22 bits per heavy atom. The van der Waals surface area contributed by atoms with E-state index in [0.29, 0.717) is 11.5 Å². The highest BCUT2D eigenvalue weighted by Crippen LogP contribution is 2.25. The second-order valence-electron chi connectivity index (χ2n) is 4.39. The number of nitrogens with zero attached hydrogens (tertiary/aromatic N) is 3. The molecule has 110 valence electrons. The van der Waals surface area contributed by atoms with E-state index in [4.69, 9.17) is 25.9 Å². The van der Waals surface area contributed by atoms with Crippen LogP contribution >= 0.6 is 15.9 Å². The topological polar surface area (TPSA) is 111 Å². The summed E-state index contributed by atoms with van der Waals surface area (Å²) in [6.45, 7) is 0. The number of benzene rings is 1. The minimum Gasteiger partial charge on any atom is -0.457 e. The molecule has 0 amide bonds. The van der Waals surface area contributed by atoms with Gasteiger partial charge in [0.05, 0.1) is 11.3 Å². The summed E-state index contributed by atoms with van der Waals surface area (Å²) in [6, 6.07) is 16.2. The lowest BCUT2D eigenvalue weighted by atomic mass is 10.1. The second-order valence-corrected chi connectivity index (χ2v) is 5.31. The van der Waals surface area contributed by atoms with Gasteiger partial charge in [-0.2, -0.15) is 15.8 Å². The smallest absolute Gasteiger partial charge is 0.153 e. The summed E-state index contributed by atoms with van der Waals surface area (Å²) in [5.74, 6) is 1.03.